The molecule has 1 aromatic rings. The Kier molecular flexibility index (Phi) is 3.27. The van der Waals surface area contributed by atoms with Crippen LogP contribution >= 0.6 is 0 Å². The number of hydrogen-bond acceptors (Lipinski definition) is 4. The van der Waals surface area contributed by atoms with Gasteiger partial charge in [0.15, 0.2) is 0 Å². The maximum absolute atomic E-state index is 12.5. The second-order valence-electron chi connectivity index (χ2n) is 5.80. The van der Waals surface area contributed by atoms with Gasteiger partial charge in [-0.2, -0.15) is 0 Å². The number of aryl methyl sites for hydroxylation is 1. The van der Waals surface area contributed by atoms with Crippen molar-refractivity contribution in [1.82, 2.24) is 0 Å². The average molecular weight is 286 g/mol. The van der Waals surface area contributed by atoms with Gasteiger partial charge >= 0.3 is 0 Å². The Bertz CT molecular complexity index is 613. The lowest BCUT2D eigenvalue weighted by Crippen LogP contribution is -2.32. The molecule has 1 saturated carbocycles. The topological polar surface area (TPSA) is 77.5 Å². The Morgan fingerprint density at radius 3 is 2.24 bits per heavy atom. The Morgan fingerprint density at radius 2 is 1.71 bits per heavy atom. The van der Waals surface area contributed by atoms with Crippen LogP contribution < -0.4 is 10.0 Å². The molecule has 1 aromatic carbocycles. The lowest BCUT2D eigenvalue weighted by molar-refractivity contribution is -0.255. The number of aromatic carboxylic acids is 1. The van der Waals surface area contributed by atoms with Crippen LogP contribution in [-0.2, 0) is 9.59 Å². The van der Waals surface area contributed by atoms with Crippen molar-refractivity contribution >= 4 is 23.5 Å². The predicted octanol–water partition coefficient (Wildman–Crippen LogP) is 1.04. The number of imide groups is 1. The smallest absolute Gasteiger partial charge is 0.237 e. The van der Waals surface area contributed by atoms with Crippen LogP contribution in [0.25, 0.3) is 0 Å². The van der Waals surface area contributed by atoms with Crippen molar-refractivity contribution in [2.24, 2.45) is 11.8 Å². The van der Waals surface area contributed by atoms with Crippen molar-refractivity contribution in [2.75, 3.05) is 4.90 Å². The minimum atomic E-state index is -1.31. The van der Waals surface area contributed by atoms with Gasteiger partial charge in [0, 0.05) is 0 Å². The zero-order valence-electron chi connectivity index (χ0n) is 11.8. The van der Waals surface area contributed by atoms with Gasteiger partial charge in [0.05, 0.1) is 23.5 Å². The third-order valence-corrected chi connectivity index (χ3v) is 4.53. The number of amides is 2. The number of carboxylic acids is 1. The summed E-state index contributed by atoms with van der Waals surface area (Å²) in [5.74, 6) is -2.17. The first kappa shape index (κ1) is 13.8. The second-order valence-corrected chi connectivity index (χ2v) is 5.80. The number of nitrogens with zero attached hydrogens (tertiary/aromatic N) is 1. The van der Waals surface area contributed by atoms with E-state index in [0.29, 0.717) is 11.3 Å². The summed E-state index contributed by atoms with van der Waals surface area (Å²) in [7, 11) is 0. The van der Waals surface area contributed by atoms with Crippen molar-refractivity contribution < 1.29 is 19.5 Å². The molecular formula is C16H16NO4-. The van der Waals surface area contributed by atoms with E-state index in [1.807, 2.05) is 0 Å². The monoisotopic (exact) mass is 286 g/mol. The van der Waals surface area contributed by atoms with Crippen LogP contribution in [0, 0.1) is 18.8 Å². The van der Waals surface area contributed by atoms with E-state index in [0.717, 1.165) is 25.7 Å². The maximum Gasteiger partial charge on any atom is 0.237 e. The van der Waals surface area contributed by atoms with E-state index >= 15 is 0 Å². The van der Waals surface area contributed by atoms with Crippen LogP contribution in [0.15, 0.2) is 18.2 Å². The molecular weight excluding hydrogens is 270 g/mol. The fourth-order valence-electron chi connectivity index (χ4n) is 3.38. The second kappa shape index (κ2) is 4.98. The summed E-state index contributed by atoms with van der Waals surface area (Å²) in [6, 6.07) is 4.38. The fraction of sp³-hybridized carbons (Fsp3) is 0.438. The first-order valence-corrected chi connectivity index (χ1v) is 7.20. The van der Waals surface area contributed by atoms with Crippen molar-refractivity contribution in [1.29, 1.82) is 0 Å². The standard InChI is InChI=1S/C16H17NO4/c1-9-6-7-10(16(20)21)8-13(9)17-14(18)11-4-2-3-5-12(11)15(17)19/h6-8,11-12H,2-5H2,1H3,(H,20,21)/p-1/t11-,12-/m1/s1. The number of anilines is 1. The molecule has 1 saturated heterocycles. The molecule has 3 rings (SSSR count). The molecule has 2 amide bonds. The Morgan fingerprint density at radius 1 is 1.14 bits per heavy atom. The van der Waals surface area contributed by atoms with Crippen LogP contribution in [0.5, 0.6) is 0 Å². The van der Waals surface area contributed by atoms with Crippen molar-refractivity contribution in [3.05, 3.63) is 29.3 Å². The molecule has 21 heavy (non-hydrogen) atoms. The molecule has 1 aliphatic carbocycles. The maximum atomic E-state index is 12.5. The van der Waals surface area contributed by atoms with Crippen LogP contribution in [0.1, 0.15) is 41.6 Å². The highest BCUT2D eigenvalue weighted by molar-refractivity contribution is 6.22. The molecule has 5 heteroatoms. The molecule has 0 spiro atoms. The van der Waals surface area contributed by atoms with Gasteiger partial charge in [-0.3, -0.25) is 9.59 Å². The molecule has 110 valence electrons. The Labute approximate surface area is 122 Å². The molecule has 5 nitrogen and oxygen atoms in total. The summed E-state index contributed by atoms with van der Waals surface area (Å²) < 4.78 is 0. The molecule has 0 radical (unpaired) electrons. The van der Waals surface area contributed by atoms with Gasteiger partial charge in [-0.05, 0) is 37.0 Å². The van der Waals surface area contributed by atoms with Crippen LogP contribution in [-0.4, -0.2) is 17.8 Å². The van der Waals surface area contributed by atoms with Gasteiger partial charge in [-0.15, -0.1) is 0 Å². The minimum Gasteiger partial charge on any atom is -0.545 e. The molecule has 1 aliphatic heterocycles. The average Bonchev–Trinajstić information content (AvgIpc) is 2.72. The van der Waals surface area contributed by atoms with Gasteiger partial charge in [-0.1, -0.05) is 25.0 Å². The van der Waals surface area contributed by atoms with E-state index in [2.05, 4.69) is 0 Å². The summed E-state index contributed by atoms with van der Waals surface area (Å²) in [5, 5.41) is 11.0. The number of rotatable bonds is 2. The predicted molar refractivity (Wildman–Crippen MR) is 73.5 cm³/mol. The van der Waals surface area contributed by atoms with E-state index in [9.17, 15) is 19.5 Å². The van der Waals surface area contributed by atoms with Crippen molar-refractivity contribution in [2.45, 2.75) is 32.6 Å². The fourth-order valence-corrected chi connectivity index (χ4v) is 3.38. The van der Waals surface area contributed by atoms with E-state index in [1.165, 1.54) is 17.0 Å². The first-order valence-electron chi connectivity index (χ1n) is 7.20. The number of fused-ring (bicyclic) bond motifs is 1. The summed E-state index contributed by atoms with van der Waals surface area (Å²) in [4.78, 5) is 37.2. The summed E-state index contributed by atoms with van der Waals surface area (Å²) in [6.07, 6.45) is 3.41. The molecule has 0 N–H and O–H groups in total. The zero-order chi connectivity index (χ0) is 15.1. The summed E-state index contributed by atoms with van der Waals surface area (Å²) in [6.45, 7) is 1.76. The number of carbonyl (C=O) groups is 3. The van der Waals surface area contributed by atoms with Crippen LogP contribution in [0.4, 0.5) is 5.69 Å². The highest BCUT2D eigenvalue weighted by Gasteiger charge is 2.49. The summed E-state index contributed by atoms with van der Waals surface area (Å²) in [5.41, 5.74) is 1.06. The third kappa shape index (κ3) is 2.13. The van der Waals surface area contributed by atoms with Crippen molar-refractivity contribution in [3.8, 4) is 0 Å². The van der Waals surface area contributed by atoms with Gasteiger partial charge in [0.2, 0.25) is 11.8 Å². The number of hydrogen-bond donors (Lipinski definition) is 0. The van der Waals surface area contributed by atoms with Crippen molar-refractivity contribution in [3.63, 3.8) is 0 Å². The van der Waals surface area contributed by atoms with Crippen LogP contribution in [0.3, 0.4) is 0 Å². The van der Waals surface area contributed by atoms with E-state index in [1.54, 1.807) is 13.0 Å². The Hall–Kier alpha value is -2.17. The van der Waals surface area contributed by atoms with Gasteiger partial charge < -0.3 is 9.90 Å². The summed E-state index contributed by atoms with van der Waals surface area (Å²) >= 11 is 0. The molecule has 2 aliphatic rings. The quantitative estimate of drug-likeness (QED) is 0.761. The molecule has 2 fully saturated rings. The highest BCUT2D eigenvalue weighted by atomic mass is 16.4. The molecule has 2 atom stereocenters. The van der Waals surface area contributed by atoms with E-state index in [4.69, 9.17) is 0 Å². The Balaban J connectivity index is 2.04. The lowest BCUT2D eigenvalue weighted by atomic mass is 9.81. The molecule has 0 unspecified atom stereocenters. The van der Waals surface area contributed by atoms with E-state index < -0.39 is 5.97 Å². The highest BCUT2D eigenvalue weighted by Crippen LogP contribution is 2.40. The molecule has 0 aromatic heterocycles. The third-order valence-electron chi connectivity index (χ3n) is 4.53. The number of carbonyl (C=O) groups excluding carboxylic acids is 3. The van der Waals surface area contributed by atoms with E-state index in [-0.39, 0.29) is 29.2 Å². The normalized spacial score (nSPS) is 25.1. The van der Waals surface area contributed by atoms with Gasteiger partial charge in [0.1, 0.15) is 0 Å². The SMILES string of the molecule is Cc1ccc(C(=O)[O-])cc1N1C(=O)[C@@H]2CCCC[C@H]2C1=O. The van der Waals surface area contributed by atoms with Gasteiger partial charge in [0.25, 0.3) is 0 Å². The zero-order valence-corrected chi connectivity index (χ0v) is 11.8. The largest absolute Gasteiger partial charge is 0.545 e. The molecule has 0 bridgehead atoms. The minimum absolute atomic E-state index is 0.0222. The number of carboxylic acid groups (broad SMARTS) is 1. The van der Waals surface area contributed by atoms with Crippen LogP contribution in [0.2, 0.25) is 0 Å². The first-order chi connectivity index (χ1) is 10.0. The lowest BCUT2D eigenvalue weighted by Gasteiger charge is -2.19. The number of benzene rings is 1. The van der Waals surface area contributed by atoms with Gasteiger partial charge in [-0.25, -0.2) is 4.90 Å². The molecule has 1 heterocycles.